The molecule has 2 heterocycles. The van der Waals surface area contributed by atoms with Gasteiger partial charge >= 0.3 is 0 Å². The van der Waals surface area contributed by atoms with E-state index in [9.17, 15) is 9.90 Å². The molecular weight excluding hydrogens is 316 g/mol. The molecule has 1 aliphatic heterocycles. The molecule has 0 bridgehead atoms. The number of furan rings is 1. The third-order valence-electron chi connectivity index (χ3n) is 4.72. The standard InChI is InChI=1S/C20H26N2O3/c1-21(14-11-18(23)16-7-3-2-4-8-16)20(24)19-10-9-17(25-19)15-22-12-5-6-13-22/h2-4,7-10,18,23H,5-6,11-15H2,1H3/t18-/m0/s1. The Kier molecular flexibility index (Phi) is 5.89. The molecule has 0 unspecified atom stereocenters. The van der Waals surface area contributed by atoms with Crippen molar-refractivity contribution >= 4 is 5.91 Å². The van der Waals surface area contributed by atoms with E-state index < -0.39 is 6.10 Å². The molecule has 1 aliphatic rings. The largest absolute Gasteiger partial charge is 0.455 e. The molecule has 25 heavy (non-hydrogen) atoms. The summed E-state index contributed by atoms with van der Waals surface area (Å²) in [6.07, 6.45) is 2.39. The van der Waals surface area contributed by atoms with Crippen LogP contribution < -0.4 is 0 Å². The van der Waals surface area contributed by atoms with Gasteiger partial charge in [-0.1, -0.05) is 30.3 Å². The fourth-order valence-corrected chi connectivity index (χ4v) is 3.19. The number of likely N-dealkylation sites (tertiary alicyclic amines) is 1. The molecular formula is C20H26N2O3. The molecule has 1 aromatic carbocycles. The van der Waals surface area contributed by atoms with Gasteiger partial charge in [0.1, 0.15) is 5.76 Å². The molecule has 1 amide bonds. The molecule has 0 saturated carbocycles. The van der Waals surface area contributed by atoms with E-state index >= 15 is 0 Å². The minimum Gasteiger partial charge on any atom is -0.455 e. The highest BCUT2D eigenvalue weighted by Crippen LogP contribution is 2.18. The van der Waals surface area contributed by atoms with E-state index in [1.54, 1.807) is 18.0 Å². The first-order chi connectivity index (χ1) is 12.1. The molecule has 134 valence electrons. The summed E-state index contributed by atoms with van der Waals surface area (Å²) in [4.78, 5) is 16.4. The summed E-state index contributed by atoms with van der Waals surface area (Å²) in [5.41, 5.74) is 0.870. The van der Waals surface area contributed by atoms with Gasteiger partial charge in [0.05, 0.1) is 12.6 Å². The monoisotopic (exact) mass is 342 g/mol. The minimum absolute atomic E-state index is 0.145. The van der Waals surface area contributed by atoms with Gasteiger partial charge in [0.2, 0.25) is 0 Å². The molecule has 1 fully saturated rings. The van der Waals surface area contributed by atoms with Gasteiger partial charge in [-0.15, -0.1) is 0 Å². The van der Waals surface area contributed by atoms with Gasteiger partial charge in [-0.25, -0.2) is 0 Å². The Hall–Kier alpha value is -2.11. The highest BCUT2D eigenvalue weighted by molar-refractivity contribution is 5.91. The summed E-state index contributed by atoms with van der Waals surface area (Å²) < 4.78 is 5.72. The summed E-state index contributed by atoms with van der Waals surface area (Å²) in [5, 5.41) is 10.2. The van der Waals surface area contributed by atoms with Crippen LogP contribution in [-0.2, 0) is 6.54 Å². The number of hydrogen-bond donors (Lipinski definition) is 1. The van der Waals surface area contributed by atoms with Crippen LogP contribution in [0.1, 0.15) is 47.2 Å². The first kappa shape index (κ1) is 17.7. The van der Waals surface area contributed by atoms with E-state index in [-0.39, 0.29) is 5.91 Å². The summed E-state index contributed by atoms with van der Waals surface area (Å²) in [7, 11) is 1.74. The number of aliphatic hydroxyl groups is 1. The highest BCUT2D eigenvalue weighted by Gasteiger charge is 2.19. The zero-order valence-corrected chi connectivity index (χ0v) is 14.7. The third kappa shape index (κ3) is 4.71. The van der Waals surface area contributed by atoms with Crippen molar-refractivity contribution in [2.24, 2.45) is 0 Å². The Morgan fingerprint density at radius 2 is 1.92 bits per heavy atom. The summed E-state index contributed by atoms with van der Waals surface area (Å²) in [6, 6.07) is 13.1. The van der Waals surface area contributed by atoms with Crippen LogP contribution in [0.4, 0.5) is 0 Å². The average molecular weight is 342 g/mol. The van der Waals surface area contributed by atoms with E-state index in [1.165, 1.54) is 12.8 Å². The van der Waals surface area contributed by atoms with Crippen LogP contribution >= 0.6 is 0 Å². The zero-order chi connectivity index (χ0) is 17.6. The Bertz CT molecular complexity index is 677. The average Bonchev–Trinajstić information content (AvgIpc) is 3.32. The number of carbonyl (C=O) groups is 1. The zero-order valence-electron chi connectivity index (χ0n) is 14.7. The van der Waals surface area contributed by atoms with E-state index in [2.05, 4.69) is 4.90 Å². The fraction of sp³-hybridized carbons (Fsp3) is 0.450. The maximum atomic E-state index is 12.5. The lowest BCUT2D eigenvalue weighted by Gasteiger charge is -2.18. The van der Waals surface area contributed by atoms with Crippen molar-refractivity contribution in [2.45, 2.75) is 31.9 Å². The number of amides is 1. The van der Waals surface area contributed by atoms with Crippen LogP contribution in [-0.4, -0.2) is 47.5 Å². The van der Waals surface area contributed by atoms with Gasteiger partial charge in [-0.2, -0.15) is 0 Å². The maximum Gasteiger partial charge on any atom is 0.289 e. The fourth-order valence-electron chi connectivity index (χ4n) is 3.19. The molecule has 0 radical (unpaired) electrons. The van der Waals surface area contributed by atoms with Crippen LogP contribution in [0.5, 0.6) is 0 Å². The Labute approximate surface area is 148 Å². The molecule has 0 spiro atoms. The second-order valence-corrected chi connectivity index (χ2v) is 6.69. The van der Waals surface area contributed by atoms with E-state index in [0.717, 1.165) is 31.0 Å². The molecule has 2 aromatic rings. The Balaban J connectivity index is 1.51. The van der Waals surface area contributed by atoms with Crippen molar-refractivity contribution in [1.29, 1.82) is 0 Å². The molecule has 5 heteroatoms. The van der Waals surface area contributed by atoms with Crippen LogP contribution in [0.15, 0.2) is 46.9 Å². The predicted octanol–water partition coefficient (Wildman–Crippen LogP) is 3.07. The SMILES string of the molecule is CN(CC[C@H](O)c1ccccc1)C(=O)c1ccc(CN2CCCC2)o1. The molecule has 5 nitrogen and oxygen atoms in total. The van der Waals surface area contributed by atoms with Crippen LogP contribution in [0.3, 0.4) is 0 Å². The quantitative estimate of drug-likeness (QED) is 0.840. The predicted molar refractivity (Wildman–Crippen MR) is 96.2 cm³/mol. The molecule has 0 aliphatic carbocycles. The van der Waals surface area contributed by atoms with Crippen molar-refractivity contribution in [2.75, 3.05) is 26.7 Å². The lowest BCUT2D eigenvalue weighted by Crippen LogP contribution is -2.28. The van der Waals surface area contributed by atoms with Crippen LogP contribution in [0.25, 0.3) is 0 Å². The smallest absolute Gasteiger partial charge is 0.289 e. The Morgan fingerprint density at radius 1 is 1.20 bits per heavy atom. The van der Waals surface area contributed by atoms with Gasteiger partial charge in [-0.05, 0) is 50.0 Å². The molecule has 1 saturated heterocycles. The van der Waals surface area contributed by atoms with Crippen molar-refractivity contribution in [3.63, 3.8) is 0 Å². The first-order valence-electron chi connectivity index (χ1n) is 8.93. The molecule has 1 atom stereocenters. The number of benzene rings is 1. The van der Waals surface area contributed by atoms with Gasteiger partial charge in [0, 0.05) is 13.6 Å². The minimum atomic E-state index is -0.571. The van der Waals surface area contributed by atoms with E-state index in [1.807, 2.05) is 36.4 Å². The lowest BCUT2D eigenvalue weighted by atomic mass is 10.1. The van der Waals surface area contributed by atoms with Crippen molar-refractivity contribution < 1.29 is 14.3 Å². The highest BCUT2D eigenvalue weighted by atomic mass is 16.4. The normalized spacial score (nSPS) is 16.1. The Morgan fingerprint density at radius 3 is 2.64 bits per heavy atom. The van der Waals surface area contributed by atoms with Gasteiger partial charge in [0.25, 0.3) is 5.91 Å². The lowest BCUT2D eigenvalue weighted by molar-refractivity contribution is 0.0727. The summed E-state index contributed by atoms with van der Waals surface area (Å²) >= 11 is 0. The van der Waals surface area contributed by atoms with Gasteiger partial charge < -0.3 is 14.4 Å². The third-order valence-corrected chi connectivity index (χ3v) is 4.72. The number of nitrogens with zero attached hydrogens (tertiary/aromatic N) is 2. The summed E-state index contributed by atoms with van der Waals surface area (Å²) in [5.74, 6) is 1.06. The van der Waals surface area contributed by atoms with Gasteiger partial charge in [-0.3, -0.25) is 9.69 Å². The second kappa shape index (κ2) is 8.32. The molecule has 3 rings (SSSR count). The van der Waals surface area contributed by atoms with Gasteiger partial charge in [0.15, 0.2) is 5.76 Å². The van der Waals surface area contributed by atoms with Crippen LogP contribution in [0, 0.1) is 0 Å². The number of carbonyl (C=O) groups excluding carboxylic acids is 1. The first-order valence-corrected chi connectivity index (χ1v) is 8.93. The number of hydrogen-bond acceptors (Lipinski definition) is 4. The van der Waals surface area contributed by atoms with E-state index in [4.69, 9.17) is 4.42 Å². The molecule has 1 N–H and O–H groups in total. The number of rotatable bonds is 7. The van der Waals surface area contributed by atoms with Crippen molar-refractivity contribution in [3.8, 4) is 0 Å². The maximum absolute atomic E-state index is 12.5. The van der Waals surface area contributed by atoms with Crippen LogP contribution in [0.2, 0.25) is 0 Å². The molecule has 1 aromatic heterocycles. The van der Waals surface area contributed by atoms with Crippen molar-refractivity contribution in [1.82, 2.24) is 9.80 Å². The number of aliphatic hydroxyl groups excluding tert-OH is 1. The van der Waals surface area contributed by atoms with Crippen molar-refractivity contribution in [3.05, 3.63) is 59.5 Å². The topological polar surface area (TPSA) is 56.9 Å². The summed E-state index contributed by atoms with van der Waals surface area (Å²) in [6.45, 7) is 3.43. The second-order valence-electron chi connectivity index (χ2n) is 6.69. The van der Waals surface area contributed by atoms with E-state index in [0.29, 0.717) is 18.7 Å².